The number of carbonyl (C=O) groups is 1. The Morgan fingerprint density at radius 2 is 1.41 bits per heavy atom. The number of amides is 1. The molecule has 6 nitrogen and oxygen atoms in total. The van der Waals surface area contributed by atoms with Gasteiger partial charge in [-0.25, -0.2) is 0 Å². The van der Waals surface area contributed by atoms with Crippen LogP contribution in [-0.4, -0.2) is 41.9 Å². The Morgan fingerprint density at radius 1 is 0.793 bits per heavy atom. The summed E-state index contributed by atoms with van der Waals surface area (Å²) in [5, 5.41) is 11.3. The molecule has 0 radical (unpaired) electrons. The van der Waals surface area contributed by atoms with Crippen molar-refractivity contribution < 1.29 is 9.72 Å². The molecule has 0 atom stereocenters. The van der Waals surface area contributed by atoms with Crippen LogP contribution in [0.5, 0.6) is 0 Å². The van der Waals surface area contributed by atoms with Crippen LogP contribution in [0.2, 0.25) is 0 Å². The lowest BCUT2D eigenvalue weighted by Gasteiger charge is -2.36. The molecular formula is C23H21N3O3. The number of piperazine rings is 1. The van der Waals surface area contributed by atoms with Crippen molar-refractivity contribution in [3.05, 3.63) is 94.5 Å². The van der Waals surface area contributed by atoms with E-state index in [1.165, 1.54) is 6.07 Å². The topological polar surface area (TPSA) is 66.7 Å². The largest absolute Gasteiger partial charge is 0.362 e. The Labute approximate surface area is 169 Å². The lowest BCUT2D eigenvalue weighted by atomic mass is 9.98. The molecule has 6 heteroatoms. The highest BCUT2D eigenvalue weighted by Crippen LogP contribution is 2.29. The maximum absolute atomic E-state index is 13.2. The molecule has 0 saturated carbocycles. The Bertz CT molecular complexity index is 1030. The summed E-state index contributed by atoms with van der Waals surface area (Å²) in [4.78, 5) is 28.0. The fourth-order valence-electron chi connectivity index (χ4n) is 3.75. The highest BCUT2D eigenvalue weighted by molar-refractivity contribution is 6.01. The number of nitrogens with zero attached hydrogens (tertiary/aromatic N) is 3. The van der Waals surface area contributed by atoms with Crippen LogP contribution in [0.25, 0.3) is 11.1 Å². The lowest BCUT2D eigenvalue weighted by molar-refractivity contribution is -0.384. The van der Waals surface area contributed by atoms with E-state index in [-0.39, 0.29) is 16.5 Å². The monoisotopic (exact) mass is 387 g/mol. The van der Waals surface area contributed by atoms with Crippen molar-refractivity contribution in [1.82, 2.24) is 4.90 Å². The first-order valence-corrected chi connectivity index (χ1v) is 9.57. The molecule has 29 heavy (non-hydrogen) atoms. The minimum absolute atomic E-state index is 0.00772. The van der Waals surface area contributed by atoms with Crippen LogP contribution in [0.15, 0.2) is 78.9 Å². The number of benzene rings is 3. The molecule has 0 spiro atoms. The molecule has 1 amide bonds. The molecule has 0 bridgehead atoms. The van der Waals surface area contributed by atoms with Gasteiger partial charge in [-0.05, 0) is 23.3 Å². The third-order valence-electron chi connectivity index (χ3n) is 5.23. The van der Waals surface area contributed by atoms with E-state index in [1.807, 2.05) is 64.4 Å². The van der Waals surface area contributed by atoms with Crippen LogP contribution >= 0.6 is 0 Å². The van der Waals surface area contributed by atoms with E-state index in [9.17, 15) is 14.9 Å². The highest BCUT2D eigenvalue weighted by atomic mass is 16.6. The van der Waals surface area contributed by atoms with Gasteiger partial charge in [0, 0.05) is 37.8 Å². The molecule has 1 saturated heterocycles. The predicted octanol–water partition coefficient (Wildman–Crippen LogP) is 4.22. The molecule has 1 heterocycles. The maximum Gasteiger partial charge on any atom is 0.292 e. The highest BCUT2D eigenvalue weighted by Gasteiger charge is 2.27. The molecule has 0 aromatic heterocycles. The van der Waals surface area contributed by atoms with Gasteiger partial charge in [0.15, 0.2) is 0 Å². The van der Waals surface area contributed by atoms with Crippen molar-refractivity contribution in [3.63, 3.8) is 0 Å². The number of hydrogen-bond acceptors (Lipinski definition) is 4. The second-order valence-electron chi connectivity index (χ2n) is 6.94. The van der Waals surface area contributed by atoms with Gasteiger partial charge < -0.3 is 9.80 Å². The number of nitro groups is 1. The number of hydrogen-bond donors (Lipinski definition) is 0. The van der Waals surface area contributed by atoms with E-state index in [0.717, 1.165) is 11.1 Å². The SMILES string of the molecule is O=C(c1ccccc1-c1ccccc1)N1CCN(c2ccccc2[N+](=O)[O-])CC1. The van der Waals surface area contributed by atoms with Crippen LogP contribution < -0.4 is 4.90 Å². The molecule has 1 aliphatic rings. The van der Waals surface area contributed by atoms with Gasteiger partial charge in [-0.15, -0.1) is 0 Å². The summed E-state index contributed by atoms with van der Waals surface area (Å²) in [5.74, 6) is -0.00772. The predicted molar refractivity (Wildman–Crippen MR) is 113 cm³/mol. The van der Waals surface area contributed by atoms with Gasteiger partial charge in [-0.3, -0.25) is 14.9 Å². The summed E-state index contributed by atoms with van der Waals surface area (Å²) >= 11 is 0. The summed E-state index contributed by atoms with van der Waals surface area (Å²) < 4.78 is 0. The Kier molecular flexibility index (Phi) is 5.24. The van der Waals surface area contributed by atoms with Gasteiger partial charge in [-0.1, -0.05) is 60.7 Å². The number of carbonyl (C=O) groups excluding carboxylic acids is 1. The Hall–Kier alpha value is -3.67. The minimum Gasteiger partial charge on any atom is -0.362 e. The maximum atomic E-state index is 13.2. The second-order valence-corrected chi connectivity index (χ2v) is 6.94. The van der Waals surface area contributed by atoms with Crippen molar-refractivity contribution in [2.24, 2.45) is 0 Å². The zero-order valence-corrected chi connectivity index (χ0v) is 15.9. The average Bonchev–Trinajstić information content (AvgIpc) is 2.79. The number of anilines is 1. The molecule has 1 aliphatic heterocycles. The van der Waals surface area contributed by atoms with Gasteiger partial charge in [0.1, 0.15) is 5.69 Å². The summed E-state index contributed by atoms with van der Waals surface area (Å²) in [6, 6.07) is 24.3. The first-order chi connectivity index (χ1) is 14.1. The smallest absolute Gasteiger partial charge is 0.292 e. The Balaban J connectivity index is 1.52. The molecule has 0 aliphatic carbocycles. The number of rotatable bonds is 4. The van der Waals surface area contributed by atoms with Gasteiger partial charge >= 0.3 is 0 Å². The molecule has 3 aromatic carbocycles. The third kappa shape index (κ3) is 3.82. The quantitative estimate of drug-likeness (QED) is 0.496. The van der Waals surface area contributed by atoms with E-state index in [0.29, 0.717) is 37.4 Å². The first-order valence-electron chi connectivity index (χ1n) is 9.57. The van der Waals surface area contributed by atoms with Crippen LogP contribution in [0.3, 0.4) is 0 Å². The van der Waals surface area contributed by atoms with Crippen molar-refractivity contribution in [3.8, 4) is 11.1 Å². The van der Waals surface area contributed by atoms with Crippen LogP contribution in [0.4, 0.5) is 11.4 Å². The minimum atomic E-state index is -0.358. The molecule has 4 rings (SSSR count). The molecule has 1 fully saturated rings. The van der Waals surface area contributed by atoms with Crippen LogP contribution in [0.1, 0.15) is 10.4 Å². The standard InChI is InChI=1S/C23H21N3O3/c27-23(20-11-5-4-10-19(20)18-8-2-1-3-9-18)25-16-14-24(15-17-25)21-12-6-7-13-22(21)26(28)29/h1-13H,14-17H2. The van der Waals surface area contributed by atoms with E-state index < -0.39 is 0 Å². The lowest BCUT2D eigenvalue weighted by Crippen LogP contribution is -2.49. The molecule has 0 N–H and O–H groups in total. The van der Waals surface area contributed by atoms with Crippen molar-refractivity contribution in [2.75, 3.05) is 31.1 Å². The molecule has 0 unspecified atom stereocenters. The fraction of sp³-hybridized carbons (Fsp3) is 0.174. The van der Waals surface area contributed by atoms with Crippen LogP contribution in [0, 0.1) is 10.1 Å². The van der Waals surface area contributed by atoms with Crippen LogP contribution in [-0.2, 0) is 0 Å². The Morgan fingerprint density at radius 3 is 2.14 bits per heavy atom. The average molecular weight is 387 g/mol. The van der Waals surface area contributed by atoms with E-state index in [1.54, 1.807) is 18.2 Å². The van der Waals surface area contributed by atoms with E-state index in [2.05, 4.69) is 0 Å². The summed E-state index contributed by atoms with van der Waals surface area (Å²) in [7, 11) is 0. The van der Waals surface area contributed by atoms with Crippen molar-refractivity contribution in [1.29, 1.82) is 0 Å². The van der Waals surface area contributed by atoms with Gasteiger partial charge in [-0.2, -0.15) is 0 Å². The second kappa shape index (κ2) is 8.14. The summed E-state index contributed by atoms with van der Waals surface area (Å²) in [5.41, 5.74) is 3.31. The summed E-state index contributed by atoms with van der Waals surface area (Å²) in [6.07, 6.45) is 0. The van der Waals surface area contributed by atoms with Gasteiger partial charge in [0.25, 0.3) is 11.6 Å². The van der Waals surface area contributed by atoms with Gasteiger partial charge in [0.05, 0.1) is 4.92 Å². The molecule has 3 aromatic rings. The van der Waals surface area contributed by atoms with Crippen molar-refractivity contribution in [2.45, 2.75) is 0 Å². The summed E-state index contributed by atoms with van der Waals surface area (Å²) in [6.45, 7) is 2.16. The number of para-hydroxylation sites is 2. The first kappa shape index (κ1) is 18.7. The zero-order chi connectivity index (χ0) is 20.2. The zero-order valence-electron chi connectivity index (χ0n) is 15.9. The number of nitro benzene ring substituents is 1. The third-order valence-corrected chi connectivity index (χ3v) is 5.23. The fourth-order valence-corrected chi connectivity index (χ4v) is 3.75. The van der Waals surface area contributed by atoms with Crippen molar-refractivity contribution >= 4 is 17.3 Å². The normalized spacial score (nSPS) is 13.9. The van der Waals surface area contributed by atoms with E-state index >= 15 is 0 Å². The van der Waals surface area contributed by atoms with Gasteiger partial charge in [0.2, 0.25) is 0 Å². The molecule has 146 valence electrons. The molecular weight excluding hydrogens is 366 g/mol. The van der Waals surface area contributed by atoms with E-state index in [4.69, 9.17) is 0 Å².